The number of carbonyl (C=O) groups excluding carboxylic acids is 3. The Hall–Kier alpha value is -2.83. The van der Waals surface area contributed by atoms with Gasteiger partial charge in [0.1, 0.15) is 12.3 Å². The van der Waals surface area contributed by atoms with Gasteiger partial charge in [-0.25, -0.2) is 0 Å². The predicted molar refractivity (Wildman–Crippen MR) is 87.8 cm³/mol. The first-order chi connectivity index (χ1) is 11.5. The highest BCUT2D eigenvalue weighted by molar-refractivity contribution is 6.10. The Morgan fingerprint density at radius 1 is 1.42 bits per heavy atom. The van der Waals surface area contributed by atoms with Gasteiger partial charge in [0.15, 0.2) is 0 Å². The van der Waals surface area contributed by atoms with Crippen molar-refractivity contribution < 1.29 is 24.2 Å². The van der Waals surface area contributed by atoms with Crippen LogP contribution in [-0.4, -0.2) is 54.0 Å². The molecule has 24 heavy (non-hydrogen) atoms. The molecule has 0 saturated heterocycles. The number of aromatic hydroxyl groups is 1. The molecule has 0 bridgehead atoms. The summed E-state index contributed by atoms with van der Waals surface area (Å²) in [6.45, 7) is 5.75. The molecule has 1 heterocycles. The minimum absolute atomic E-state index is 0.00245. The Labute approximate surface area is 140 Å². The van der Waals surface area contributed by atoms with E-state index in [9.17, 15) is 19.5 Å². The molecule has 0 saturated carbocycles. The van der Waals surface area contributed by atoms with E-state index in [-0.39, 0.29) is 49.9 Å². The van der Waals surface area contributed by atoms with E-state index in [0.717, 1.165) is 0 Å². The van der Waals surface area contributed by atoms with Crippen molar-refractivity contribution in [1.29, 1.82) is 0 Å². The molecule has 0 radical (unpaired) electrons. The van der Waals surface area contributed by atoms with Crippen molar-refractivity contribution in [1.82, 2.24) is 4.90 Å². The van der Waals surface area contributed by atoms with Gasteiger partial charge in [-0.3, -0.25) is 14.4 Å². The SMILES string of the molecule is C=CCN1C(=O)CN(CCC(=O)OCC)C(=O)c2cc(O)ccc21. The van der Waals surface area contributed by atoms with Gasteiger partial charge in [-0.05, 0) is 25.1 Å². The van der Waals surface area contributed by atoms with Gasteiger partial charge in [-0.1, -0.05) is 6.08 Å². The molecule has 0 unspecified atom stereocenters. The lowest BCUT2D eigenvalue weighted by Gasteiger charge is -2.21. The number of amides is 2. The fourth-order valence-electron chi connectivity index (χ4n) is 2.53. The van der Waals surface area contributed by atoms with Gasteiger partial charge in [-0.15, -0.1) is 6.58 Å². The molecule has 2 rings (SSSR count). The van der Waals surface area contributed by atoms with E-state index in [1.165, 1.54) is 28.0 Å². The largest absolute Gasteiger partial charge is 0.508 e. The number of anilines is 1. The molecule has 7 heteroatoms. The lowest BCUT2D eigenvalue weighted by molar-refractivity contribution is -0.143. The topological polar surface area (TPSA) is 87.2 Å². The number of phenols is 1. The second-order valence-electron chi connectivity index (χ2n) is 5.28. The highest BCUT2D eigenvalue weighted by Crippen LogP contribution is 2.29. The summed E-state index contributed by atoms with van der Waals surface area (Å²) >= 11 is 0. The van der Waals surface area contributed by atoms with Crippen LogP contribution in [0.2, 0.25) is 0 Å². The Morgan fingerprint density at radius 3 is 2.83 bits per heavy atom. The number of carbonyl (C=O) groups is 3. The molecule has 128 valence electrons. The first-order valence-electron chi connectivity index (χ1n) is 7.67. The molecule has 1 aliphatic heterocycles. The number of ether oxygens (including phenoxy) is 1. The van der Waals surface area contributed by atoms with Crippen molar-refractivity contribution in [3.05, 3.63) is 36.4 Å². The fourth-order valence-corrected chi connectivity index (χ4v) is 2.53. The van der Waals surface area contributed by atoms with Crippen molar-refractivity contribution in [2.24, 2.45) is 0 Å². The average molecular weight is 332 g/mol. The van der Waals surface area contributed by atoms with Crippen molar-refractivity contribution in [2.75, 3.05) is 31.1 Å². The minimum atomic E-state index is -0.430. The maximum atomic E-state index is 12.7. The van der Waals surface area contributed by atoms with E-state index in [0.29, 0.717) is 5.69 Å². The lowest BCUT2D eigenvalue weighted by Crippen LogP contribution is -2.40. The van der Waals surface area contributed by atoms with Crippen LogP contribution in [0.1, 0.15) is 23.7 Å². The van der Waals surface area contributed by atoms with Gasteiger partial charge in [0.05, 0.1) is 24.3 Å². The van der Waals surface area contributed by atoms with Crippen LogP contribution in [0.3, 0.4) is 0 Å². The highest BCUT2D eigenvalue weighted by atomic mass is 16.5. The zero-order valence-electron chi connectivity index (χ0n) is 13.5. The third kappa shape index (κ3) is 3.73. The van der Waals surface area contributed by atoms with E-state index in [1.54, 1.807) is 13.0 Å². The molecule has 1 aliphatic rings. The fraction of sp³-hybridized carbons (Fsp3) is 0.353. The number of hydrogen-bond donors (Lipinski definition) is 1. The highest BCUT2D eigenvalue weighted by Gasteiger charge is 2.31. The van der Waals surface area contributed by atoms with E-state index in [2.05, 4.69) is 6.58 Å². The molecule has 0 aliphatic carbocycles. The summed E-state index contributed by atoms with van der Waals surface area (Å²) in [7, 11) is 0. The van der Waals surface area contributed by atoms with Gasteiger partial charge in [0, 0.05) is 13.1 Å². The second kappa shape index (κ2) is 7.63. The zero-order chi connectivity index (χ0) is 17.7. The van der Waals surface area contributed by atoms with Gasteiger partial charge >= 0.3 is 5.97 Å². The summed E-state index contributed by atoms with van der Waals surface area (Å²) in [5.74, 6) is -1.19. The molecule has 2 amide bonds. The normalized spacial score (nSPS) is 14.2. The molecule has 1 aromatic rings. The van der Waals surface area contributed by atoms with Gasteiger partial charge in [0.2, 0.25) is 5.91 Å². The maximum absolute atomic E-state index is 12.7. The summed E-state index contributed by atoms with van der Waals surface area (Å²) in [5, 5.41) is 9.69. The smallest absolute Gasteiger partial charge is 0.307 e. The zero-order valence-corrected chi connectivity index (χ0v) is 13.5. The summed E-state index contributed by atoms with van der Waals surface area (Å²) in [6.07, 6.45) is 1.57. The summed E-state index contributed by atoms with van der Waals surface area (Å²) < 4.78 is 4.85. The lowest BCUT2D eigenvalue weighted by atomic mass is 10.1. The van der Waals surface area contributed by atoms with E-state index in [4.69, 9.17) is 4.74 Å². The molecular formula is C17H20N2O5. The van der Waals surface area contributed by atoms with E-state index >= 15 is 0 Å². The van der Waals surface area contributed by atoms with Gasteiger partial charge in [-0.2, -0.15) is 0 Å². The monoisotopic (exact) mass is 332 g/mol. The first kappa shape index (κ1) is 17.5. The van der Waals surface area contributed by atoms with Crippen LogP contribution in [0.4, 0.5) is 5.69 Å². The van der Waals surface area contributed by atoms with Gasteiger partial charge in [0.25, 0.3) is 5.91 Å². The summed E-state index contributed by atoms with van der Waals surface area (Å²) in [6, 6.07) is 4.27. The number of hydrogen-bond acceptors (Lipinski definition) is 5. The minimum Gasteiger partial charge on any atom is -0.508 e. The Kier molecular flexibility index (Phi) is 5.57. The molecule has 1 aromatic carbocycles. The first-order valence-corrected chi connectivity index (χ1v) is 7.67. The van der Waals surface area contributed by atoms with Crippen LogP contribution in [0, 0.1) is 0 Å². The van der Waals surface area contributed by atoms with Crippen LogP contribution < -0.4 is 4.90 Å². The van der Waals surface area contributed by atoms with Crippen molar-refractivity contribution in [2.45, 2.75) is 13.3 Å². The number of rotatable bonds is 6. The quantitative estimate of drug-likeness (QED) is 0.627. The molecule has 1 N–H and O–H groups in total. The number of phenolic OH excluding ortho intramolecular Hbond substituents is 1. The number of esters is 1. The molecule has 0 spiro atoms. The van der Waals surface area contributed by atoms with Crippen LogP contribution in [0.5, 0.6) is 5.75 Å². The van der Waals surface area contributed by atoms with Crippen LogP contribution in [-0.2, 0) is 14.3 Å². The Morgan fingerprint density at radius 2 is 2.17 bits per heavy atom. The third-order valence-electron chi connectivity index (χ3n) is 3.62. The molecular weight excluding hydrogens is 312 g/mol. The molecule has 0 atom stereocenters. The van der Waals surface area contributed by atoms with Crippen LogP contribution in [0.25, 0.3) is 0 Å². The van der Waals surface area contributed by atoms with Crippen LogP contribution >= 0.6 is 0 Å². The Bertz CT molecular complexity index is 671. The molecule has 7 nitrogen and oxygen atoms in total. The Balaban J connectivity index is 2.31. The van der Waals surface area contributed by atoms with Crippen molar-refractivity contribution >= 4 is 23.5 Å². The summed E-state index contributed by atoms with van der Waals surface area (Å²) in [5.41, 5.74) is 0.632. The number of benzene rings is 1. The average Bonchev–Trinajstić information content (AvgIpc) is 2.64. The van der Waals surface area contributed by atoms with E-state index in [1.807, 2.05) is 0 Å². The predicted octanol–water partition coefficient (Wildman–Crippen LogP) is 1.32. The molecule has 0 aromatic heterocycles. The van der Waals surface area contributed by atoms with E-state index < -0.39 is 11.9 Å². The summed E-state index contributed by atoms with van der Waals surface area (Å²) in [4.78, 5) is 39.4. The van der Waals surface area contributed by atoms with Gasteiger partial charge < -0.3 is 19.6 Å². The van der Waals surface area contributed by atoms with Crippen molar-refractivity contribution in [3.8, 4) is 5.75 Å². The second-order valence-corrected chi connectivity index (χ2v) is 5.28. The third-order valence-corrected chi connectivity index (χ3v) is 3.62. The standard InChI is InChI=1S/C17H20N2O5/c1-3-8-19-14-6-5-12(20)10-13(14)17(23)18(11-15(19)21)9-7-16(22)24-4-2/h3,5-6,10,20H,1,4,7-9,11H2,2H3. The van der Waals surface area contributed by atoms with Crippen LogP contribution in [0.15, 0.2) is 30.9 Å². The number of nitrogens with zero attached hydrogens (tertiary/aromatic N) is 2. The number of fused-ring (bicyclic) bond motifs is 1. The maximum Gasteiger partial charge on any atom is 0.307 e. The van der Waals surface area contributed by atoms with Crippen molar-refractivity contribution in [3.63, 3.8) is 0 Å². The molecule has 0 fully saturated rings.